The minimum absolute atomic E-state index is 1.13. The predicted octanol–water partition coefficient (Wildman–Crippen LogP) is 14.1. The molecule has 0 radical (unpaired) electrons. The van der Waals surface area contributed by atoms with Crippen LogP contribution >= 0.6 is 11.3 Å². The van der Waals surface area contributed by atoms with Gasteiger partial charge in [-0.05, 0) is 99.0 Å². The van der Waals surface area contributed by atoms with Crippen molar-refractivity contribution in [3.63, 3.8) is 0 Å². The lowest BCUT2D eigenvalue weighted by Crippen LogP contribution is -2.10. The topological polar surface area (TPSA) is 8.17 Å². The Kier molecular flexibility index (Phi) is 6.16. The molecule has 0 unspecified atom stereocenters. The van der Waals surface area contributed by atoms with Crippen LogP contribution in [-0.2, 0) is 0 Å². The zero-order chi connectivity index (χ0) is 33.5. The fourth-order valence-corrected chi connectivity index (χ4v) is 9.36. The summed E-state index contributed by atoms with van der Waals surface area (Å²) in [5.74, 6) is 0. The Balaban J connectivity index is 1.21. The van der Waals surface area contributed by atoms with Crippen molar-refractivity contribution in [2.24, 2.45) is 0 Å². The van der Waals surface area contributed by atoms with Crippen molar-refractivity contribution in [2.75, 3.05) is 4.90 Å². The molecule has 2 aromatic heterocycles. The van der Waals surface area contributed by atoms with Crippen molar-refractivity contribution < 1.29 is 0 Å². The molecule has 11 rings (SSSR count). The number of rotatable bonds is 4. The van der Waals surface area contributed by atoms with E-state index in [-0.39, 0.29) is 0 Å². The number of hydrogen-bond acceptors (Lipinski definition) is 2. The van der Waals surface area contributed by atoms with E-state index >= 15 is 0 Å². The smallest absolute Gasteiger partial charge is 0.0562 e. The Labute approximate surface area is 298 Å². The molecule has 0 saturated heterocycles. The van der Waals surface area contributed by atoms with Crippen LogP contribution in [0.1, 0.15) is 0 Å². The first-order valence-electron chi connectivity index (χ1n) is 17.4. The molecule has 3 heteroatoms. The lowest BCUT2D eigenvalue weighted by atomic mass is 9.96. The fourth-order valence-electron chi connectivity index (χ4n) is 8.28. The van der Waals surface area contributed by atoms with Crippen molar-refractivity contribution in [1.29, 1.82) is 0 Å². The first-order valence-corrected chi connectivity index (χ1v) is 18.3. The molecule has 0 aliphatic rings. The summed E-state index contributed by atoms with van der Waals surface area (Å²) in [7, 11) is 0. The summed E-state index contributed by atoms with van der Waals surface area (Å²) in [6.07, 6.45) is 0. The van der Waals surface area contributed by atoms with E-state index in [1.807, 2.05) is 11.3 Å². The van der Waals surface area contributed by atoms with Crippen LogP contribution in [0.4, 0.5) is 17.1 Å². The average Bonchev–Trinajstić information content (AvgIpc) is 3.74. The van der Waals surface area contributed by atoms with Crippen LogP contribution < -0.4 is 4.90 Å². The number of anilines is 3. The zero-order valence-electron chi connectivity index (χ0n) is 27.6. The molecule has 9 aromatic carbocycles. The van der Waals surface area contributed by atoms with E-state index in [2.05, 4.69) is 191 Å². The van der Waals surface area contributed by atoms with Crippen LogP contribution in [0, 0.1) is 0 Å². The van der Waals surface area contributed by atoms with E-state index in [4.69, 9.17) is 0 Å². The Morgan fingerprint density at radius 2 is 1.00 bits per heavy atom. The third-order valence-corrected chi connectivity index (χ3v) is 11.7. The second kappa shape index (κ2) is 11.0. The second-order valence-corrected chi connectivity index (χ2v) is 14.4. The van der Waals surface area contributed by atoms with Gasteiger partial charge in [-0.2, -0.15) is 0 Å². The van der Waals surface area contributed by atoms with Crippen LogP contribution in [0.15, 0.2) is 182 Å². The molecule has 0 saturated carbocycles. The number of fused-ring (bicyclic) bond motifs is 11. The van der Waals surface area contributed by atoms with Crippen LogP contribution in [0.3, 0.4) is 0 Å². The minimum atomic E-state index is 1.13. The first kappa shape index (κ1) is 28.4. The van der Waals surface area contributed by atoms with E-state index in [0.29, 0.717) is 0 Å². The Morgan fingerprint density at radius 1 is 0.373 bits per heavy atom. The van der Waals surface area contributed by atoms with Gasteiger partial charge >= 0.3 is 0 Å². The van der Waals surface area contributed by atoms with E-state index in [0.717, 1.165) is 22.7 Å². The summed E-state index contributed by atoms with van der Waals surface area (Å²) in [5, 5.41) is 12.7. The van der Waals surface area contributed by atoms with Gasteiger partial charge in [-0.25, -0.2) is 0 Å². The van der Waals surface area contributed by atoms with Crippen molar-refractivity contribution in [3.05, 3.63) is 182 Å². The maximum absolute atomic E-state index is 2.47. The maximum Gasteiger partial charge on any atom is 0.0562 e. The molecule has 11 aromatic rings. The predicted molar refractivity (Wildman–Crippen MR) is 221 cm³/mol. The molecule has 2 heterocycles. The van der Waals surface area contributed by atoms with Crippen molar-refractivity contribution in [2.45, 2.75) is 0 Å². The van der Waals surface area contributed by atoms with Gasteiger partial charge in [0.1, 0.15) is 0 Å². The van der Waals surface area contributed by atoms with Gasteiger partial charge in [0.25, 0.3) is 0 Å². The van der Waals surface area contributed by atoms with Crippen molar-refractivity contribution in [3.8, 4) is 5.69 Å². The number of thiophene rings is 1. The lowest BCUT2D eigenvalue weighted by molar-refractivity contribution is 1.18. The Hall–Kier alpha value is -6.42. The number of aromatic nitrogens is 1. The molecule has 0 fully saturated rings. The zero-order valence-corrected chi connectivity index (χ0v) is 28.4. The molecule has 0 spiro atoms. The van der Waals surface area contributed by atoms with Gasteiger partial charge in [-0.1, -0.05) is 115 Å². The van der Waals surface area contributed by atoms with Crippen LogP contribution in [-0.4, -0.2) is 4.57 Å². The summed E-state index contributed by atoms with van der Waals surface area (Å²) in [6, 6.07) is 66.8. The van der Waals surface area contributed by atoms with Crippen LogP contribution in [0.25, 0.3) is 80.0 Å². The monoisotopic (exact) mass is 666 g/mol. The normalized spacial score (nSPS) is 11.9. The molecule has 0 aliphatic carbocycles. The Morgan fingerprint density at radius 3 is 1.88 bits per heavy atom. The summed E-state index contributed by atoms with van der Waals surface area (Å²) in [4.78, 5) is 2.47. The maximum atomic E-state index is 2.47. The SMILES string of the molecule is c1ccc(-n2c3ccccc3c3c(N(c4ccc5c(ccc6c7ccccc7ccc56)c4)c4ccc5sc6ccccc6c5c4)cccc32)cc1. The lowest BCUT2D eigenvalue weighted by Gasteiger charge is -2.27. The number of hydrogen-bond donors (Lipinski definition) is 0. The Bertz CT molecular complexity index is 3150. The molecule has 0 amide bonds. The molecular weight excluding hydrogens is 637 g/mol. The van der Waals surface area contributed by atoms with Gasteiger partial charge < -0.3 is 9.47 Å². The second-order valence-electron chi connectivity index (χ2n) is 13.3. The number of nitrogens with zero attached hydrogens (tertiary/aromatic N) is 2. The van der Waals surface area contributed by atoms with E-state index in [9.17, 15) is 0 Å². The highest BCUT2D eigenvalue weighted by Crippen LogP contribution is 2.46. The number of benzene rings is 9. The molecule has 0 bridgehead atoms. The molecule has 0 atom stereocenters. The molecule has 0 aliphatic heterocycles. The van der Waals surface area contributed by atoms with E-state index in [1.54, 1.807) is 0 Å². The van der Waals surface area contributed by atoms with Crippen molar-refractivity contribution >= 4 is 103 Å². The third-order valence-electron chi connectivity index (χ3n) is 10.5. The summed E-state index contributed by atoms with van der Waals surface area (Å²) >= 11 is 1.86. The quantitative estimate of drug-likeness (QED) is 0.170. The van der Waals surface area contributed by atoms with Crippen LogP contribution in [0.2, 0.25) is 0 Å². The largest absolute Gasteiger partial charge is 0.310 e. The standard InChI is InChI=1S/C48H30N2S/c1-2-12-33(13-3-1)50-43-17-8-6-16-41(43)48-44(18-10-19-45(48)50)49(35-24-28-47-42(30-35)40-15-7-9-20-46(40)51-47)34-23-27-37-32(29-34)22-26-38-36-14-5-4-11-31(36)21-25-39(37)38/h1-30H. The summed E-state index contributed by atoms with van der Waals surface area (Å²) in [6.45, 7) is 0. The van der Waals surface area contributed by atoms with Gasteiger partial charge in [0.05, 0.1) is 16.7 Å². The summed E-state index contributed by atoms with van der Waals surface area (Å²) < 4.78 is 5.02. The third kappa shape index (κ3) is 4.29. The fraction of sp³-hybridized carbons (Fsp3) is 0. The molecule has 2 nitrogen and oxygen atoms in total. The highest BCUT2D eigenvalue weighted by atomic mass is 32.1. The van der Waals surface area contributed by atoms with E-state index in [1.165, 1.54) is 74.3 Å². The van der Waals surface area contributed by atoms with Crippen molar-refractivity contribution in [1.82, 2.24) is 4.57 Å². The van der Waals surface area contributed by atoms with Gasteiger partial charge in [-0.15, -0.1) is 11.3 Å². The van der Waals surface area contributed by atoms with E-state index < -0.39 is 0 Å². The molecule has 0 N–H and O–H groups in total. The molecular formula is C48H30N2S. The molecule has 238 valence electrons. The highest BCUT2D eigenvalue weighted by molar-refractivity contribution is 7.25. The minimum Gasteiger partial charge on any atom is -0.310 e. The van der Waals surface area contributed by atoms with Gasteiger partial charge in [0.15, 0.2) is 0 Å². The highest BCUT2D eigenvalue weighted by Gasteiger charge is 2.22. The number of para-hydroxylation sites is 2. The average molecular weight is 667 g/mol. The van der Waals surface area contributed by atoms with Gasteiger partial charge in [0.2, 0.25) is 0 Å². The first-order chi connectivity index (χ1) is 25.3. The summed E-state index contributed by atoms with van der Waals surface area (Å²) in [5.41, 5.74) is 6.96. The van der Waals surface area contributed by atoms with Gasteiger partial charge in [0, 0.05) is 48.0 Å². The molecule has 51 heavy (non-hydrogen) atoms. The van der Waals surface area contributed by atoms with Gasteiger partial charge in [-0.3, -0.25) is 0 Å². The van der Waals surface area contributed by atoms with Crippen LogP contribution in [0.5, 0.6) is 0 Å².